The van der Waals surface area contributed by atoms with Gasteiger partial charge in [-0.25, -0.2) is 9.59 Å². The summed E-state index contributed by atoms with van der Waals surface area (Å²) in [6.45, 7) is 0. The Morgan fingerprint density at radius 1 is 1.12 bits per heavy atom. The Kier molecular flexibility index (Phi) is 3.99. The molecule has 1 aromatic carbocycles. The number of hydrogen-bond donors (Lipinski definition) is 2. The van der Waals surface area contributed by atoms with Gasteiger partial charge in [0.1, 0.15) is 5.75 Å². The Balaban J connectivity index is 2.66. The highest BCUT2D eigenvalue weighted by atomic mass is 16.5. The number of hydrogen-bond acceptors (Lipinski definition) is 4. The molecule has 0 fully saturated rings. The minimum atomic E-state index is -1.07. The molecule has 1 rings (SSSR count). The largest absolute Gasteiger partial charge is 0.478 e. The van der Waals surface area contributed by atoms with E-state index in [-0.39, 0.29) is 11.3 Å². The molecule has 1 amide bonds. The highest BCUT2D eigenvalue weighted by molar-refractivity contribution is 5.94. The van der Waals surface area contributed by atoms with Crippen molar-refractivity contribution < 1.29 is 24.2 Å². The van der Waals surface area contributed by atoms with E-state index in [4.69, 9.17) is 15.6 Å². The van der Waals surface area contributed by atoms with Crippen molar-refractivity contribution >= 4 is 17.8 Å². The SMILES string of the molecule is NC(=O)/C=C\C(=O)Oc1ccc(C(=O)O)cc1. The lowest BCUT2D eigenvalue weighted by molar-refractivity contribution is -0.129. The summed E-state index contributed by atoms with van der Waals surface area (Å²) in [5, 5.41) is 8.63. The molecule has 0 atom stereocenters. The lowest BCUT2D eigenvalue weighted by Crippen LogP contribution is -2.09. The fourth-order valence-electron chi connectivity index (χ4n) is 0.966. The monoisotopic (exact) mass is 235 g/mol. The maximum Gasteiger partial charge on any atom is 0.336 e. The molecule has 0 radical (unpaired) electrons. The van der Waals surface area contributed by atoms with Gasteiger partial charge in [-0.1, -0.05) is 0 Å². The number of carboxylic acid groups (broad SMARTS) is 1. The van der Waals surface area contributed by atoms with Crippen LogP contribution in [-0.4, -0.2) is 23.0 Å². The molecule has 88 valence electrons. The molecule has 0 aliphatic carbocycles. The maximum absolute atomic E-state index is 11.1. The van der Waals surface area contributed by atoms with Crippen LogP contribution in [0.5, 0.6) is 5.75 Å². The summed E-state index contributed by atoms with van der Waals surface area (Å²) >= 11 is 0. The van der Waals surface area contributed by atoms with E-state index in [1.807, 2.05) is 0 Å². The zero-order valence-electron chi connectivity index (χ0n) is 8.62. The predicted molar refractivity (Wildman–Crippen MR) is 57.4 cm³/mol. The number of nitrogens with two attached hydrogens (primary N) is 1. The second-order valence-corrected chi connectivity index (χ2v) is 2.99. The molecule has 3 N–H and O–H groups in total. The topological polar surface area (TPSA) is 107 Å². The van der Waals surface area contributed by atoms with Crippen molar-refractivity contribution in [3.63, 3.8) is 0 Å². The van der Waals surface area contributed by atoms with Crippen molar-refractivity contribution in [3.05, 3.63) is 42.0 Å². The van der Waals surface area contributed by atoms with Crippen molar-refractivity contribution in [1.29, 1.82) is 0 Å². The van der Waals surface area contributed by atoms with Crippen molar-refractivity contribution in [2.45, 2.75) is 0 Å². The minimum absolute atomic E-state index is 0.0810. The zero-order chi connectivity index (χ0) is 12.8. The smallest absolute Gasteiger partial charge is 0.336 e. The Bertz CT molecular complexity index is 475. The van der Waals surface area contributed by atoms with Crippen LogP contribution in [0.2, 0.25) is 0 Å². The van der Waals surface area contributed by atoms with Crippen LogP contribution in [0.3, 0.4) is 0 Å². The Morgan fingerprint density at radius 2 is 1.71 bits per heavy atom. The van der Waals surface area contributed by atoms with E-state index in [1.54, 1.807) is 0 Å². The number of esters is 1. The van der Waals surface area contributed by atoms with E-state index in [0.717, 1.165) is 12.2 Å². The van der Waals surface area contributed by atoms with Crippen LogP contribution in [-0.2, 0) is 9.59 Å². The van der Waals surface area contributed by atoms with Crippen LogP contribution < -0.4 is 10.5 Å². The number of aromatic carboxylic acids is 1. The van der Waals surface area contributed by atoms with E-state index in [1.165, 1.54) is 24.3 Å². The number of amides is 1. The van der Waals surface area contributed by atoms with Gasteiger partial charge in [-0.15, -0.1) is 0 Å². The average molecular weight is 235 g/mol. The first kappa shape index (κ1) is 12.4. The van der Waals surface area contributed by atoms with E-state index >= 15 is 0 Å². The van der Waals surface area contributed by atoms with E-state index in [0.29, 0.717) is 0 Å². The van der Waals surface area contributed by atoms with Gasteiger partial charge < -0.3 is 15.6 Å². The molecule has 0 aliphatic rings. The van der Waals surface area contributed by atoms with Gasteiger partial charge in [-0.3, -0.25) is 4.79 Å². The quantitative estimate of drug-likeness (QED) is 0.444. The van der Waals surface area contributed by atoms with Gasteiger partial charge in [0.15, 0.2) is 0 Å². The summed E-state index contributed by atoms with van der Waals surface area (Å²) in [7, 11) is 0. The van der Waals surface area contributed by atoms with E-state index in [2.05, 4.69) is 0 Å². The molecule has 1 aromatic rings. The van der Waals surface area contributed by atoms with E-state index < -0.39 is 17.8 Å². The zero-order valence-corrected chi connectivity index (χ0v) is 8.62. The van der Waals surface area contributed by atoms with Crippen LogP contribution in [0.25, 0.3) is 0 Å². The molecule has 17 heavy (non-hydrogen) atoms. The third-order valence-electron chi connectivity index (χ3n) is 1.70. The number of primary amides is 1. The standard InChI is InChI=1S/C11H9NO5/c12-9(13)5-6-10(14)17-8-3-1-7(2-4-8)11(15)16/h1-6H,(H2,12,13)(H,15,16)/b6-5-. The molecule has 0 spiro atoms. The van der Waals surface area contributed by atoms with Crippen LogP contribution in [0, 0.1) is 0 Å². The summed E-state index contributed by atoms with van der Waals surface area (Å²) in [5.74, 6) is -2.43. The Morgan fingerprint density at radius 3 is 2.18 bits per heavy atom. The van der Waals surface area contributed by atoms with Gasteiger partial charge in [0.25, 0.3) is 0 Å². The van der Waals surface area contributed by atoms with Crippen molar-refractivity contribution in [2.75, 3.05) is 0 Å². The molecule has 0 heterocycles. The van der Waals surface area contributed by atoms with Crippen LogP contribution >= 0.6 is 0 Å². The van der Waals surface area contributed by atoms with Gasteiger partial charge in [-0.2, -0.15) is 0 Å². The number of carbonyl (C=O) groups is 3. The minimum Gasteiger partial charge on any atom is -0.478 e. The molecule has 0 bridgehead atoms. The summed E-state index contributed by atoms with van der Waals surface area (Å²) in [6.07, 6.45) is 1.75. The molecule has 6 heteroatoms. The molecule has 0 aromatic heterocycles. The summed E-state index contributed by atoms with van der Waals surface area (Å²) in [5.41, 5.74) is 4.87. The fraction of sp³-hybridized carbons (Fsp3) is 0. The molecule has 0 unspecified atom stereocenters. The van der Waals surface area contributed by atoms with Crippen molar-refractivity contribution in [1.82, 2.24) is 0 Å². The van der Waals surface area contributed by atoms with Gasteiger partial charge in [0, 0.05) is 12.2 Å². The molecular formula is C11H9NO5. The van der Waals surface area contributed by atoms with Crippen LogP contribution in [0.4, 0.5) is 0 Å². The Hall–Kier alpha value is -2.63. The average Bonchev–Trinajstić information content (AvgIpc) is 2.27. The van der Waals surface area contributed by atoms with Crippen molar-refractivity contribution in [3.8, 4) is 5.75 Å². The lowest BCUT2D eigenvalue weighted by atomic mass is 10.2. The first-order valence-electron chi connectivity index (χ1n) is 4.51. The first-order valence-corrected chi connectivity index (χ1v) is 4.51. The van der Waals surface area contributed by atoms with Crippen molar-refractivity contribution in [2.24, 2.45) is 5.73 Å². The molecule has 0 saturated heterocycles. The fourth-order valence-corrected chi connectivity index (χ4v) is 0.966. The summed E-state index contributed by atoms with van der Waals surface area (Å²) in [4.78, 5) is 32.0. The predicted octanol–water partition coefficient (Wildman–Crippen LogP) is 0.332. The second kappa shape index (κ2) is 5.45. The second-order valence-electron chi connectivity index (χ2n) is 2.99. The molecule has 6 nitrogen and oxygen atoms in total. The first-order chi connectivity index (χ1) is 7.99. The number of benzene rings is 1. The van der Waals surface area contributed by atoms with Crippen LogP contribution in [0.1, 0.15) is 10.4 Å². The van der Waals surface area contributed by atoms with Crippen LogP contribution in [0.15, 0.2) is 36.4 Å². The number of rotatable bonds is 4. The highest BCUT2D eigenvalue weighted by Crippen LogP contribution is 2.12. The number of ether oxygens (including phenoxy) is 1. The van der Waals surface area contributed by atoms with E-state index in [9.17, 15) is 14.4 Å². The number of carbonyl (C=O) groups excluding carboxylic acids is 2. The third-order valence-corrected chi connectivity index (χ3v) is 1.70. The molecule has 0 saturated carbocycles. The maximum atomic E-state index is 11.1. The van der Waals surface area contributed by atoms with Gasteiger partial charge in [0.05, 0.1) is 5.56 Å². The molecular weight excluding hydrogens is 226 g/mol. The summed E-state index contributed by atoms with van der Waals surface area (Å²) in [6, 6.07) is 5.25. The normalized spacial score (nSPS) is 10.1. The third kappa shape index (κ3) is 4.17. The highest BCUT2D eigenvalue weighted by Gasteiger charge is 2.04. The van der Waals surface area contributed by atoms with Gasteiger partial charge in [-0.05, 0) is 24.3 Å². The lowest BCUT2D eigenvalue weighted by Gasteiger charge is -2.01. The summed E-state index contributed by atoms with van der Waals surface area (Å²) < 4.78 is 4.77. The molecule has 0 aliphatic heterocycles. The number of carboxylic acids is 1. The van der Waals surface area contributed by atoms with Gasteiger partial charge >= 0.3 is 11.9 Å². The Labute approximate surface area is 96.3 Å². The van der Waals surface area contributed by atoms with Gasteiger partial charge in [0.2, 0.25) is 5.91 Å².